The van der Waals surface area contributed by atoms with Crippen molar-refractivity contribution in [1.29, 1.82) is 0 Å². The fourth-order valence-corrected chi connectivity index (χ4v) is 5.37. The number of likely N-dealkylation sites (tertiary alicyclic amines) is 1. The summed E-state index contributed by atoms with van der Waals surface area (Å²) < 4.78 is 0. The molecule has 1 saturated heterocycles. The van der Waals surface area contributed by atoms with Crippen molar-refractivity contribution in [3.8, 4) is 0 Å². The quantitative estimate of drug-likeness (QED) is 0.499. The zero-order chi connectivity index (χ0) is 24.0. The molecule has 5 nitrogen and oxygen atoms in total. The number of piperidine rings is 1. The predicted octanol–water partition coefficient (Wildman–Crippen LogP) is 5.23. The smallest absolute Gasteiger partial charge is 0.255 e. The largest absolute Gasteiger partial charge is 0.335 e. The van der Waals surface area contributed by atoms with Gasteiger partial charge in [0.25, 0.3) is 5.91 Å². The third-order valence-corrected chi connectivity index (χ3v) is 7.25. The summed E-state index contributed by atoms with van der Waals surface area (Å²) >= 11 is 0. The molecule has 5 heteroatoms. The van der Waals surface area contributed by atoms with E-state index < -0.39 is 0 Å². The lowest BCUT2D eigenvalue weighted by atomic mass is 9.94. The maximum absolute atomic E-state index is 13.7. The summed E-state index contributed by atoms with van der Waals surface area (Å²) in [4.78, 5) is 35.4. The second-order valence-corrected chi connectivity index (χ2v) is 9.66. The average molecular weight is 468 g/mol. The number of amides is 2. The first kappa shape index (κ1) is 23.3. The SMILES string of the molecule is O=C(CCc1ccccc1)N1CCCc2ncc(C(=O)N3CCCC[C@@H]3Cc3ccccc3)cc21. The Morgan fingerprint density at radius 3 is 2.40 bits per heavy atom. The van der Waals surface area contributed by atoms with Crippen molar-refractivity contribution < 1.29 is 9.59 Å². The van der Waals surface area contributed by atoms with E-state index >= 15 is 0 Å². The number of carbonyl (C=O) groups is 2. The first-order valence-corrected chi connectivity index (χ1v) is 12.9. The van der Waals surface area contributed by atoms with Crippen LogP contribution in [0.3, 0.4) is 0 Å². The molecule has 2 aliphatic heterocycles. The van der Waals surface area contributed by atoms with Crippen LogP contribution in [0, 0.1) is 0 Å². The number of nitrogens with zero attached hydrogens (tertiary/aromatic N) is 3. The number of aromatic nitrogens is 1. The Morgan fingerprint density at radius 1 is 0.886 bits per heavy atom. The Hall–Kier alpha value is -3.47. The van der Waals surface area contributed by atoms with E-state index in [9.17, 15) is 9.59 Å². The molecule has 0 bridgehead atoms. The molecule has 1 atom stereocenters. The number of aryl methyl sites for hydroxylation is 2. The summed E-state index contributed by atoms with van der Waals surface area (Å²) in [5.41, 5.74) is 4.74. The average Bonchev–Trinajstić information content (AvgIpc) is 2.92. The van der Waals surface area contributed by atoms with E-state index in [4.69, 9.17) is 0 Å². The zero-order valence-electron chi connectivity index (χ0n) is 20.2. The Bertz CT molecular complexity index is 1160. The summed E-state index contributed by atoms with van der Waals surface area (Å²) in [5.74, 6) is 0.129. The minimum absolute atomic E-state index is 0.0307. The normalized spacial score (nSPS) is 17.7. The number of fused-ring (bicyclic) bond motifs is 1. The summed E-state index contributed by atoms with van der Waals surface area (Å²) in [5, 5.41) is 0. The van der Waals surface area contributed by atoms with Crippen LogP contribution in [0.2, 0.25) is 0 Å². The van der Waals surface area contributed by atoms with Gasteiger partial charge < -0.3 is 9.80 Å². The van der Waals surface area contributed by atoms with E-state index in [-0.39, 0.29) is 17.9 Å². The maximum Gasteiger partial charge on any atom is 0.255 e. The third-order valence-electron chi connectivity index (χ3n) is 7.25. The first-order valence-electron chi connectivity index (χ1n) is 12.9. The van der Waals surface area contributed by atoms with Gasteiger partial charge in [-0.2, -0.15) is 0 Å². The number of rotatable bonds is 6. The van der Waals surface area contributed by atoms with Gasteiger partial charge in [-0.1, -0.05) is 60.7 Å². The van der Waals surface area contributed by atoms with E-state index in [1.807, 2.05) is 40.1 Å². The number of hydrogen-bond donors (Lipinski definition) is 0. The lowest BCUT2D eigenvalue weighted by Crippen LogP contribution is -2.45. The Labute approximate surface area is 207 Å². The van der Waals surface area contributed by atoms with Gasteiger partial charge >= 0.3 is 0 Å². The lowest BCUT2D eigenvalue weighted by molar-refractivity contribution is -0.118. The van der Waals surface area contributed by atoms with Gasteiger partial charge in [-0.25, -0.2) is 0 Å². The molecule has 3 heterocycles. The Morgan fingerprint density at radius 2 is 1.63 bits per heavy atom. The van der Waals surface area contributed by atoms with Gasteiger partial charge in [0.1, 0.15) is 0 Å². The molecular formula is C30H33N3O2. The molecule has 180 valence electrons. The van der Waals surface area contributed by atoms with Crippen LogP contribution in [0.5, 0.6) is 0 Å². The molecule has 0 N–H and O–H groups in total. The second-order valence-electron chi connectivity index (χ2n) is 9.66. The van der Waals surface area contributed by atoms with Gasteiger partial charge in [0.05, 0.1) is 16.9 Å². The van der Waals surface area contributed by atoms with E-state index in [0.717, 1.165) is 62.0 Å². The molecule has 0 saturated carbocycles. The van der Waals surface area contributed by atoms with Gasteiger partial charge in [0.15, 0.2) is 0 Å². The minimum Gasteiger partial charge on any atom is -0.335 e. The number of hydrogen-bond acceptors (Lipinski definition) is 3. The third kappa shape index (κ3) is 5.45. The number of benzene rings is 2. The molecule has 3 aromatic rings. The zero-order valence-corrected chi connectivity index (χ0v) is 20.2. The molecule has 0 aliphatic carbocycles. The molecule has 1 fully saturated rings. The van der Waals surface area contributed by atoms with Crippen molar-refractivity contribution in [2.75, 3.05) is 18.0 Å². The molecule has 2 aliphatic rings. The van der Waals surface area contributed by atoms with Gasteiger partial charge in [0, 0.05) is 31.7 Å². The summed E-state index contributed by atoms with van der Waals surface area (Å²) in [6.07, 6.45) is 8.68. The van der Waals surface area contributed by atoms with Crippen molar-refractivity contribution in [3.05, 3.63) is 95.3 Å². The van der Waals surface area contributed by atoms with Gasteiger partial charge in [-0.15, -0.1) is 0 Å². The van der Waals surface area contributed by atoms with Crippen LogP contribution >= 0.6 is 0 Å². The van der Waals surface area contributed by atoms with Crippen LogP contribution in [0.1, 0.15) is 59.3 Å². The summed E-state index contributed by atoms with van der Waals surface area (Å²) in [7, 11) is 0. The fraction of sp³-hybridized carbons (Fsp3) is 0.367. The molecule has 5 rings (SSSR count). The van der Waals surface area contributed by atoms with E-state index in [0.29, 0.717) is 24.9 Å². The maximum atomic E-state index is 13.7. The molecule has 0 radical (unpaired) electrons. The summed E-state index contributed by atoms with van der Waals surface area (Å²) in [6, 6.07) is 22.6. The summed E-state index contributed by atoms with van der Waals surface area (Å²) in [6.45, 7) is 1.45. The van der Waals surface area contributed by atoms with Crippen molar-refractivity contribution in [2.45, 2.75) is 57.4 Å². The molecule has 0 unspecified atom stereocenters. The number of anilines is 1. The standard InChI is InChI=1S/C30H33N3O2/c34-29(17-16-23-10-3-1-4-11-23)33-19-9-15-27-28(33)21-25(22-31-27)30(35)32-18-8-7-14-26(32)20-24-12-5-2-6-13-24/h1-6,10-13,21-22,26H,7-9,14-20H2/t26-/m1/s1. The predicted molar refractivity (Wildman–Crippen MR) is 138 cm³/mol. The monoisotopic (exact) mass is 467 g/mol. The topological polar surface area (TPSA) is 53.5 Å². The van der Waals surface area contributed by atoms with Crippen LogP contribution in [-0.2, 0) is 24.1 Å². The molecule has 1 aromatic heterocycles. The Balaban J connectivity index is 1.33. The van der Waals surface area contributed by atoms with Gasteiger partial charge in [0.2, 0.25) is 5.91 Å². The van der Waals surface area contributed by atoms with Crippen molar-refractivity contribution in [2.24, 2.45) is 0 Å². The van der Waals surface area contributed by atoms with Gasteiger partial charge in [-0.3, -0.25) is 14.6 Å². The molecule has 0 spiro atoms. The molecule has 35 heavy (non-hydrogen) atoms. The molecule has 2 amide bonds. The highest BCUT2D eigenvalue weighted by Crippen LogP contribution is 2.29. The van der Waals surface area contributed by atoms with Crippen LogP contribution < -0.4 is 4.90 Å². The first-order chi connectivity index (χ1) is 17.2. The number of pyridine rings is 1. The number of carbonyl (C=O) groups excluding carboxylic acids is 2. The lowest BCUT2D eigenvalue weighted by Gasteiger charge is -2.36. The van der Waals surface area contributed by atoms with Crippen LogP contribution in [0.4, 0.5) is 5.69 Å². The van der Waals surface area contributed by atoms with Crippen LogP contribution in [0.15, 0.2) is 72.9 Å². The van der Waals surface area contributed by atoms with E-state index in [1.165, 1.54) is 5.56 Å². The van der Waals surface area contributed by atoms with Crippen molar-refractivity contribution >= 4 is 17.5 Å². The van der Waals surface area contributed by atoms with E-state index in [2.05, 4.69) is 41.4 Å². The van der Waals surface area contributed by atoms with E-state index in [1.54, 1.807) is 6.20 Å². The highest BCUT2D eigenvalue weighted by atomic mass is 16.2. The van der Waals surface area contributed by atoms with Gasteiger partial charge in [-0.05, 0) is 62.1 Å². The highest BCUT2D eigenvalue weighted by molar-refractivity contribution is 5.98. The van der Waals surface area contributed by atoms with Crippen molar-refractivity contribution in [3.63, 3.8) is 0 Å². The highest BCUT2D eigenvalue weighted by Gasteiger charge is 2.30. The van der Waals surface area contributed by atoms with Crippen molar-refractivity contribution in [1.82, 2.24) is 9.88 Å². The fourth-order valence-electron chi connectivity index (χ4n) is 5.37. The van der Waals surface area contributed by atoms with Crippen LogP contribution in [0.25, 0.3) is 0 Å². The Kier molecular flexibility index (Phi) is 7.22. The molecular weight excluding hydrogens is 434 g/mol. The second kappa shape index (κ2) is 10.9. The van der Waals surface area contributed by atoms with Crippen LogP contribution in [-0.4, -0.2) is 40.8 Å². The minimum atomic E-state index is 0.0307. The molecule has 2 aromatic carbocycles.